The molecule has 3 aromatic carbocycles. The van der Waals surface area contributed by atoms with Crippen LogP contribution in [0.25, 0.3) is 11.1 Å². The van der Waals surface area contributed by atoms with Crippen LogP contribution in [0, 0.1) is 23.7 Å². The predicted molar refractivity (Wildman–Crippen MR) is 193 cm³/mol. The molecule has 2 N–H and O–H groups in total. The van der Waals surface area contributed by atoms with Crippen LogP contribution in [0.4, 0.5) is 4.79 Å². The molecule has 1 saturated heterocycles. The van der Waals surface area contributed by atoms with E-state index in [9.17, 15) is 9.59 Å². The molecule has 4 aromatic rings. The maximum Gasteiger partial charge on any atom is 0.404 e. The van der Waals surface area contributed by atoms with Crippen LogP contribution in [0.5, 0.6) is 17.2 Å². The summed E-state index contributed by atoms with van der Waals surface area (Å²) >= 11 is 6.50. The van der Waals surface area contributed by atoms with Gasteiger partial charge in [-0.1, -0.05) is 41.9 Å². The number of aldehydes is 1. The van der Waals surface area contributed by atoms with Crippen molar-refractivity contribution in [3.05, 3.63) is 106 Å². The number of aromatic nitrogens is 1. The Balaban J connectivity index is 1.01. The molecule has 2 heterocycles. The van der Waals surface area contributed by atoms with Gasteiger partial charge in [0.25, 0.3) is 0 Å². The Morgan fingerprint density at radius 2 is 1.82 bits per heavy atom. The molecular weight excluding hydrogens is 668 g/mol. The van der Waals surface area contributed by atoms with E-state index in [0.717, 1.165) is 79.7 Å². The van der Waals surface area contributed by atoms with Crippen LogP contribution in [0.15, 0.2) is 73.1 Å². The van der Waals surface area contributed by atoms with E-state index < -0.39 is 6.09 Å². The van der Waals surface area contributed by atoms with Gasteiger partial charge in [0.05, 0.1) is 22.8 Å². The summed E-state index contributed by atoms with van der Waals surface area (Å²) in [4.78, 5) is 29.3. The van der Waals surface area contributed by atoms with Crippen LogP contribution >= 0.6 is 11.6 Å². The van der Waals surface area contributed by atoms with Crippen LogP contribution in [0.1, 0.15) is 64.7 Å². The number of nitrogens with zero attached hydrogens (tertiary/aromatic N) is 3. The lowest BCUT2D eigenvalue weighted by atomic mass is 9.61. The first kappa shape index (κ1) is 35.7. The molecule has 1 aliphatic heterocycles. The van der Waals surface area contributed by atoms with Crippen molar-refractivity contribution in [3.63, 3.8) is 0 Å². The summed E-state index contributed by atoms with van der Waals surface area (Å²) < 4.78 is 23.4. The summed E-state index contributed by atoms with van der Waals surface area (Å²) in [5.74, 6) is 1.53. The monoisotopic (exact) mass is 708 g/mol. The smallest absolute Gasteiger partial charge is 0.404 e. The average Bonchev–Trinajstić information content (AvgIpc) is 3.12. The fourth-order valence-corrected chi connectivity index (χ4v) is 7.25. The highest BCUT2D eigenvalue weighted by Crippen LogP contribution is 2.50. The van der Waals surface area contributed by atoms with Gasteiger partial charge in [0.15, 0.2) is 6.29 Å². The third-order valence-electron chi connectivity index (χ3n) is 9.89. The average molecular weight is 709 g/mol. The minimum Gasteiger partial charge on any atom is -0.494 e. The van der Waals surface area contributed by atoms with Gasteiger partial charge in [0.2, 0.25) is 0 Å². The molecule has 1 saturated carbocycles. The molecule has 51 heavy (non-hydrogen) atoms. The van der Waals surface area contributed by atoms with Gasteiger partial charge >= 0.3 is 6.09 Å². The Morgan fingerprint density at radius 3 is 2.59 bits per heavy atom. The Bertz CT molecular complexity index is 1910. The molecule has 1 spiro atoms. The first-order valence-electron chi connectivity index (χ1n) is 17.1. The van der Waals surface area contributed by atoms with Gasteiger partial charge in [-0.2, -0.15) is 5.26 Å². The lowest BCUT2D eigenvalue weighted by molar-refractivity contribution is -0.0716. The van der Waals surface area contributed by atoms with E-state index in [4.69, 9.17) is 41.5 Å². The van der Waals surface area contributed by atoms with Crippen LogP contribution in [0.2, 0.25) is 5.02 Å². The number of carbonyl (C=O) groups excluding carboxylic acids is 2. The van der Waals surface area contributed by atoms with Crippen LogP contribution in [-0.2, 0) is 18.0 Å². The number of pyridine rings is 1. The lowest BCUT2D eigenvalue weighted by Gasteiger charge is -2.51. The normalized spacial score (nSPS) is 15.4. The fourth-order valence-electron chi connectivity index (χ4n) is 7.02. The van der Waals surface area contributed by atoms with Crippen LogP contribution in [-0.4, -0.2) is 54.6 Å². The van der Waals surface area contributed by atoms with Gasteiger partial charge in [0.1, 0.15) is 42.6 Å². The molecule has 1 aliphatic carbocycles. The Labute approximate surface area is 303 Å². The Morgan fingerprint density at radius 1 is 1.04 bits per heavy atom. The SMILES string of the molecule is Cc1c(COc2cc(OCc3cncc(C#N)c3)c(C=O)cc2Cl)cccc1-c1cccc(OCCCN2CCC3(CC2)CC(OC(N)=O)C3)c1. The highest BCUT2D eigenvalue weighted by molar-refractivity contribution is 6.32. The van der Waals surface area contributed by atoms with E-state index in [1.165, 1.54) is 12.3 Å². The van der Waals surface area contributed by atoms with Crippen molar-refractivity contribution >= 4 is 24.0 Å². The topological polar surface area (TPSA) is 137 Å². The van der Waals surface area contributed by atoms with Gasteiger partial charge in [-0.05, 0) is 104 Å². The third kappa shape index (κ3) is 8.98. The number of primary amides is 1. The zero-order chi connectivity index (χ0) is 35.8. The summed E-state index contributed by atoms with van der Waals surface area (Å²) in [6.07, 6.45) is 8.14. The molecule has 10 nitrogen and oxygen atoms in total. The number of hydrogen-bond donors (Lipinski definition) is 1. The summed E-state index contributed by atoms with van der Waals surface area (Å²) in [6, 6.07) is 21.1. The standard InChI is InChI=1S/C40H41ClN4O6/c1-27-31(26-50-38-18-37(32(24-46)17-36(38)41)49-25-29-15-28(21-42)22-44-23-29)6-3-8-35(27)30-5-2-7-33(16-30)48-14-4-11-45-12-9-40(10-13-45)19-34(20-40)51-39(43)47/h2-3,5-8,15-18,22-24,34H,4,9-14,19-20,25-26H2,1H3,(H2,43,47). The van der Waals surface area contributed by atoms with E-state index in [1.807, 2.05) is 24.3 Å². The first-order chi connectivity index (χ1) is 24.7. The van der Waals surface area contributed by atoms with Gasteiger partial charge in [-0.3, -0.25) is 9.78 Å². The summed E-state index contributed by atoms with van der Waals surface area (Å²) in [5.41, 5.74) is 11.1. The van der Waals surface area contributed by atoms with E-state index in [-0.39, 0.29) is 19.3 Å². The quantitative estimate of drug-likeness (QED) is 0.103. The van der Waals surface area contributed by atoms with Crippen LogP contribution in [0.3, 0.4) is 0 Å². The molecule has 1 aromatic heterocycles. The van der Waals surface area contributed by atoms with Crippen molar-refractivity contribution in [3.8, 4) is 34.4 Å². The lowest BCUT2D eigenvalue weighted by Crippen LogP contribution is -2.50. The molecule has 0 bridgehead atoms. The first-order valence-corrected chi connectivity index (χ1v) is 17.5. The van der Waals surface area contributed by atoms with E-state index in [2.05, 4.69) is 41.1 Å². The molecule has 11 heteroatoms. The number of rotatable bonds is 14. The van der Waals surface area contributed by atoms with E-state index in [0.29, 0.717) is 51.5 Å². The number of benzene rings is 3. The number of carbonyl (C=O) groups is 2. The molecule has 264 valence electrons. The largest absolute Gasteiger partial charge is 0.494 e. The minimum absolute atomic E-state index is 0.00896. The van der Waals surface area contributed by atoms with Crippen molar-refractivity contribution < 1.29 is 28.5 Å². The third-order valence-corrected chi connectivity index (χ3v) is 10.2. The van der Waals surface area contributed by atoms with Crippen molar-refractivity contribution in [2.75, 3.05) is 26.2 Å². The predicted octanol–water partition coefficient (Wildman–Crippen LogP) is 7.66. The molecule has 2 aliphatic rings. The summed E-state index contributed by atoms with van der Waals surface area (Å²) in [7, 11) is 0. The van der Waals surface area contributed by atoms with Gasteiger partial charge < -0.3 is 29.6 Å². The number of ether oxygens (including phenoxy) is 4. The number of nitrogens with two attached hydrogens (primary N) is 1. The molecule has 2 fully saturated rings. The maximum absolute atomic E-state index is 11.8. The number of likely N-dealkylation sites (tertiary alicyclic amines) is 1. The molecule has 0 radical (unpaired) electrons. The Hall–Kier alpha value is -5.11. The minimum atomic E-state index is -0.671. The number of piperidine rings is 1. The zero-order valence-corrected chi connectivity index (χ0v) is 29.4. The van der Waals surface area contributed by atoms with Gasteiger partial charge in [-0.15, -0.1) is 0 Å². The molecule has 0 atom stereocenters. The van der Waals surface area contributed by atoms with E-state index in [1.54, 1.807) is 18.3 Å². The highest BCUT2D eigenvalue weighted by atomic mass is 35.5. The molecule has 1 amide bonds. The fraction of sp³-hybridized carbons (Fsp3) is 0.350. The Kier molecular flexibility index (Phi) is 11.4. The van der Waals surface area contributed by atoms with E-state index >= 15 is 0 Å². The highest BCUT2D eigenvalue weighted by Gasteiger charge is 2.47. The van der Waals surface area contributed by atoms with Crippen molar-refractivity contribution in [1.29, 1.82) is 5.26 Å². The maximum atomic E-state index is 11.8. The number of hydrogen-bond acceptors (Lipinski definition) is 9. The number of nitriles is 1. The molecule has 0 unspecified atom stereocenters. The van der Waals surface area contributed by atoms with Gasteiger partial charge in [-0.25, -0.2) is 4.79 Å². The zero-order valence-electron chi connectivity index (χ0n) is 28.6. The second-order valence-corrected chi connectivity index (χ2v) is 13.7. The van der Waals surface area contributed by atoms with Crippen LogP contribution < -0.4 is 19.9 Å². The van der Waals surface area contributed by atoms with Crippen molar-refractivity contribution in [1.82, 2.24) is 9.88 Å². The number of halogens is 1. The van der Waals surface area contributed by atoms with Gasteiger partial charge in [0, 0.05) is 30.6 Å². The second-order valence-electron chi connectivity index (χ2n) is 13.3. The van der Waals surface area contributed by atoms with Crippen molar-refractivity contribution in [2.45, 2.75) is 58.3 Å². The summed E-state index contributed by atoms with van der Waals surface area (Å²) in [6.45, 7) is 6.16. The summed E-state index contributed by atoms with van der Waals surface area (Å²) in [5, 5.41) is 9.45. The molecular formula is C40H41ClN4O6. The van der Waals surface area contributed by atoms with Crippen molar-refractivity contribution in [2.24, 2.45) is 11.1 Å². The second kappa shape index (κ2) is 16.3. The number of amides is 1. The molecule has 6 rings (SSSR count).